The van der Waals surface area contributed by atoms with Gasteiger partial charge in [-0.2, -0.15) is 0 Å². The molecule has 0 spiro atoms. The van der Waals surface area contributed by atoms with Crippen molar-refractivity contribution in [3.05, 3.63) is 218 Å². The SMILES string of the molecule is [2H]c1c([2H])c([2H])c(N2c3ccccc3-c3ccccc3-c3cc(-c4ccc5c(c4)-c4ccccc4-c4ccccc4N5c4cccc(-c5ccccc5)c4)ccc32)c([2H])c1[2H]. The molecule has 0 aliphatic carbocycles. The number of hydrogen-bond acceptors (Lipinski definition) is 2. The maximum Gasteiger partial charge on any atom is 0.0645 e. The molecule has 0 fully saturated rings. The number of hydrogen-bond donors (Lipinski definition) is 0. The molecule has 0 unspecified atom stereocenters. The molecule has 2 heterocycles. The average Bonchev–Trinajstić information content (AvgIpc) is 3.52. The minimum Gasteiger partial charge on any atom is -0.309 e. The van der Waals surface area contributed by atoms with Gasteiger partial charge >= 0.3 is 0 Å². The Morgan fingerprint density at radius 2 is 0.679 bits per heavy atom. The molecule has 0 atom stereocenters. The van der Waals surface area contributed by atoms with Crippen LogP contribution < -0.4 is 9.80 Å². The second kappa shape index (κ2) is 13.2. The van der Waals surface area contributed by atoms with Crippen LogP contribution in [-0.2, 0) is 0 Å². The van der Waals surface area contributed by atoms with Gasteiger partial charge < -0.3 is 9.80 Å². The highest BCUT2D eigenvalue weighted by molar-refractivity contribution is 6.05. The first-order valence-corrected chi connectivity index (χ1v) is 18.9. The number of benzene rings is 9. The fourth-order valence-electron chi connectivity index (χ4n) is 8.54. The Bertz CT molecular complexity index is 3200. The topological polar surface area (TPSA) is 6.48 Å². The fraction of sp³-hybridized carbons (Fsp3) is 0. The van der Waals surface area contributed by atoms with Gasteiger partial charge in [0.2, 0.25) is 0 Å². The minimum absolute atomic E-state index is 0.109. The van der Waals surface area contributed by atoms with Crippen LogP contribution in [0.5, 0.6) is 0 Å². The first-order valence-electron chi connectivity index (χ1n) is 21.4. The van der Waals surface area contributed by atoms with Crippen LogP contribution in [0.1, 0.15) is 6.85 Å². The molecule has 2 aliphatic rings. The summed E-state index contributed by atoms with van der Waals surface area (Å²) >= 11 is 0. The molecule has 0 bridgehead atoms. The van der Waals surface area contributed by atoms with Crippen molar-refractivity contribution in [2.24, 2.45) is 0 Å². The number of fused-ring (bicyclic) bond motifs is 10. The van der Waals surface area contributed by atoms with Gasteiger partial charge in [0.25, 0.3) is 0 Å². The highest BCUT2D eigenvalue weighted by Crippen LogP contribution is 2.54. The number of para-hydroxylation sites is 3. The van der Waals surface area contributed by atoms with Crippen molar-refractivity contribution < 1.29 is 6.85 Å². The number of nitrogens with zero attached hydrogens (tertiary/aromatic N) is 2. The maximum absolute atomic E-state index is 9.09. The van der Waals surface area contributed by atoms with Crippen molar-refractivity contribution in [3.63, 3.8) is 0 Å². The molecule has 2 nitrogen and oxygen atoms in total. The first kappa shape index (κ1) is 27.2. The molecular formula is C54H36N2. The van der Waals surface area contributed by atoms with Crippen molar-refractivity contribution >= 4 is 34.1 Å². The Labute approximate surface area is 334 Å². The summed E-state index contributed by atoms with van der Waals surface area (Å²) < 4.78 is 43.8. The summed E-state index contributed by atoms with van der Waals surface area (Å²) in [5, 5.41) is 0. The third kappa shape index (κ3) is 5.19. The first-order chi connectivity index (χ1) is 29.9. The van der Waals surface area contributed by atoms with Gasteiger partial charge in [0.15, 0.2) is 0 Å². The highest BCUT2D eigenvalue weighted by atomic mass is 15.2. The Balaban J connectivity index is 1.14. The summed E-state index contributed by atoms with van der Waals surface area (Å²) in [7, 11) is 0. The molecule has 0 radical (unpaired) electrons. The lowest BCUT2D eigenvalue weighted by Crippen LogP contribution is -2.11. The molecule has 2 heteroatoms. The second-order valence-electron chi connectivity index (χ2n) is 14.2. The van der Waals surface area contributed by atoms with Crippen molar-refractivity contribution in [2.75, 3.05) is 9.80 Å². The van der Waals surface area contributed by atoms with E-state index < -0.39 is 6.04 Å². The summed E-state index contributed by atoms with van der Waals surface area (Å²) in [5.74, 6) is 0. The molecule has 0 amide bonds. The minimum atomic E-state index is -0.420. The average molecular weight is 718 g/mol. The summed E-state index contributed by atoms with van der Waals surface area (Å²) in [5.41, 5.74) is 17.4. The zero-order valence-electron chi connectivity index (χ0n) is 35.3. The molecular weight excluding hydrogens is 677 g/mol. The Morgan fingerprint density at radius 1 is 0.268 bits per heavy atom. The van der Waals surface area contributed by atoms with Crippen LogP contribution in [0, 0.1) is 0 Å². The van der Waals surface area contributed by atoms with E-state index in [2.05, 4.69) is 144 Å². The third-order valence-corrected chi connectivity index (χ3v) is 11.0. The van der Waals surface area contributed by atoms with E-state index >= 15 is 0 Å². The molecule has 0 saturated heterocycles. The van der Waals surface area contributed by atoms with Crippen LogP contribution in [-0.4, -0.2) is 0 Å². The van der Waals surface area contributed by atoms with Crippen LogP contribution in [0.4, 0.5) is 34.1 Å². The van der Waals surface area contributed by atoms with Gasteiger partial charge in [-0.1, -0.05) is 158 Å². The van der Waals surface area contributed by atoms with Crippen LogP contribution in [0.2, 0.25) is 0 Å². The summed E-state index contributed by atoms with van der Waals surface area (Å²) in [6.07, 6.45) is 0. The Morgan fingerprint density at radius 3 is 1.23 bits per heavy atom. The monoisotopic (exact) mass is 717 g/mol. The van der Waals surface area contributed by atoms with Gasteiger partial charge in [-0.25, -0.2) is 0 Å². The van der Waals surface area contributed by atoms with E-state index in [1.165, 1.54) is 0 Å². The van der Waals surface area contributed by atoms with E-state index in [1.807, 2.05) is 53.4 Å². The predicted molar refractivity (Wildman–Crippen MR) is 236 cm³/mol. The molecule has 9 aromatic carbocycles. The number of anilines is 6. The molecule has 11 rings (SSSR count). The van der Waals surface area contributed by atoms with E-state index in [0.29, 0.717) is 0 Å². The molecule has 2 aliphatic heterocycles. The van der Waals surface area contributed by atoms with Gasteiger partial charge in [-0.15, -0.1) is 0 Å². The van der Waals surface area contributed by atoms with Crippen molar-refractivity contribution in [1.82, 2.24) is 0 Å². The zero-order chi connectivity index (χ0) is 41.4. The van der Waals surface area contributed by atoms with E-state index in [9.17, 15) is 0 Å². The van der Waals surface area contributed by atoms with E-state index in [-0.39, 0.29) is 29.9 Å². The number of rotatable bonds is 4. The van der Waals surface area contributed by atoms with Crippen LogP contribution >= 0.6 is 0 Å². The van der Waals surface area contributed by atoms with Crippen molar-refractivity contribution in [3.8, 4) is 66.8 Å². The van der Waals surface area contributed by atoms with Gasteiger partial charge in [-0.05, 0) is 105 Å². The largest absolute Gasteiger partial charge is 0.309 e. The summed E-state index contributed by atoms with van der Waals surface area (Å²) in [4.78, 5) is 4.23. The zero-order valence-corrected chi connectivity index (χ0v) is 30.3. The Hall–Kier alpha value is -7.42. The van der Waals surface area contributed by atoms with Gasteiger partial charge in [-0.3, -0.25) is 0 Å². The molecule has 0 aromatic heterocycles. The third-order valence-electron chi connectivity index (χ3n) is 11.0. The maximum atomic E-state index is 9.09. The van der Waals surface area contributed by atoms with E-state index in [4.69, 9.17) is 6.85 Å². The molecule has 262 valence electrons. The predicted octanol–water partition coefficient (Wildman–Crippen LogP) is 15.3. The molecule has 56 heavy (non-hydrogen) atoms. The van der Waals surface area contributed by atoms with Gasteiger partial charge in [0, 0.05) is 33.6 Å². The summed E-state index contributed by atoms with van der Waals surface area (Å²) in [6, 6.07) is 63.9. The lowest BCUT2D eigenvalue weighted by Gasteiger charge is -2.28. The van der Waals surface area contributed by atoms with Crippen LogP contribution in [0.15, 0.2) is 218 Å². The normalized spacial score (nSPS) is 13.5. The quantitative estimate of drug-likeness (QED) is 0.179. The second-order valence-corrected chi connectivity index (χ2v) is 14.2. The van der Waals surface area contributed by atoms with E-state index in [0.717, 1.165) is 95.2 Å². The molecule has 0 saturated carbocycles. The van der Waals surface area contributed by atoms with Crippen LogP contribution in [0.3, 0.4) is 0 Å². The van der Waals surface area contributed by atoms with Crippen molar-refractivity contribution in [1.29, 1.82) is 0 Å². The smallest absolute Gasteiger partial charge is 0.0645 e. The lowest BCUT2D eigenvalue weighted by atomic mass is 9.90. The van der Waals surface area contributed by atoms with Gasteiger partial charge in [0.1, 0.15) is 0 Å². The lowest BCUT2D eigenvalue weighted by molar-refractivity contribution is 1.29. The van der Waals surface area contributed by atoms with Crippen molar-refractivity contribution in [2.45, 2.75) is 0 Å². The van der Waals surface area contributed by atoms with Gasteiger partial charge in [0.05, 0.1) is 29.6 Å². The standard InChI is InChI=1S/C54H36N2/c1-3-16-37(17-4-1)38-18-15-21-42(34-38)56-52-29-14-12-27-48(52)44-23-8-10-25-46(44)50-36-40(31-33-54(50)56)39-30-32-53-49(35-39)45-24-9-7-22-43(45)47-26-11-13-28-51(47)55(53)41-19-5-2-6-20-41/h1-36H/i2D,5D,6D,19D,20D. The fourth-order valence-corrected chi connectivity index (χ4v) is 8.54. The molecule has 9 aromatic rings. The summed E-state index contributed by atoms with van der Waals surface area (Å²) in [6.45, 7) is 0. The Kier molecular flexibility index (Phi) is 6.39. The van der Waals surface area contributed by atoms with Crippen LogP contribution in [0.25, 0.3) is 66.8 Å². The highest BCUT2D eigenvalue weighted by Gasteiger charge is 2.28. The molecule has 0 N–H and O–H groups in total. The van der Waals surface area contributed by atoms with E-state index in [1.54, 1.807) is 0 Å².